The lowest BCUT2D eigenvalue weighted by atomic mass is 10.1. The number of anilines is 1. The molecule has 27 heteroatoms. The summed E-state index contributed by atoms with van der Waals surface area (Å²) in [6, 6.07) is 14.2. The number of rotatable bonds is 20. The predicted molar refractivity (Wildman–Crippen MR) is 206 cm³/mol. The van der Waals surface area contributed by atoms with Gasteiger partial charge in [-0.15, -0.1) is 29.1 Å². The number of fused-ring (bicyclic) bond motifs is 1. The zero-order chi connectivity index (χ0) is 42.7. The number of carboxylic acids is 1. The second-order valence-electron chi connectivity index (χ2n) is 11.1. The Morgan fingerprint density at radius 3 is 2.22 bits per heavy atom. The van der Waals surface area contributed by atoms with Gasteiger partial charge in [-0.3, -0.25) is 4.55 Å². The molecule has 5 rings (SSSR count). The first-order valence-corrected chi connectivity index (χ1v) is 20.9. The SMILES string of the molecule is C=CS(=O)(=O)c1ccc(N=Nc2c(N)ccc3c(O)c(N=Nc4ccc(SOOCC[n+]5cccc(C(=O)O)c5)cc4S(=O)(=O)O)c(SOOO)cc23)c(SOOO)c1. The summed E-state index contributed by atoms with van der Waals surface area (Å²) in [5.74, 6) is -1.68. The van der Waals surface area contributed by atoms with Crippen LogP contribution in [0.5, 0.6) is 5.75 Å². The molecule has 310 valence electrons. The van der Waals surface area contributed by atoms with Crippen molar-refractivity contribution in [2.75, 3.05) is 12.3 Å². The number of carboxylic acid groups (broad SMARTS) is 1. The van der Waals surface area contributed by atoms with Crippen molar-refractivity contribution in [3.8, 4) is 5.75 Å². The number of carbonyl (C=O) groups is 1. The normalized spacial score (nSPS) is 12.2. The monoisotopic (exact) mass is 911 g/mol. The standard InChI is InChI=1S/C32H26N6O16S5/c1-2-58(44,45)20-6-10-24(26(15-20)56-53-50-42)34-36-29-22-16-27(57-54-51-43)30(31(39)21(22)7-8-23(29)33)37-35-25-9-5-19(14-28(25)59(46,47)48)55-52-49-13-12-38-11-3-4-18(17-38)32(40)41/h2-11,14-17H,1,12-13H2,(H6-,33,34,35,39,40,41,42,43,46,47,48)/p+1. The number of phenols is 1. The van der Waals surface area contributed by atoms with Crippen molar-refractivity contribution in [3.05, 3.63) is 96.7 Å². The number of nitrogens with two attached hydrogens (primary N) is 1. The third-order valence-electron chi connectivity index (χ3n) is 7.47. The Morgan fingerprint density at radius 1 is 0.831 bits per heavy atom. The summed E-state index contributed by atoms with van der Waals surface area (Å²) in [6.45, 7) is 3.47. The third-order valence-corrected chi connectivity index (χ3v) is 11.6. The van der Waals surface area contributed by atoms with Gasteiger partial charge in [0.1, 0.15) is 39.8 Å². The summed E-state index contributed by atoms with van der Waals surface area (Å²) in [6.07, 6.45) is 3.02. The van der Waals surface area contributed by atoms with E-state index in [0.717, 1.165) is 17.5 Å². The zero-order valence-corrected chi connectivity index (χ0v) is 33.4. The van der Waals surface area contributed by atoms with E-state index in [-0.39, 0.29) is 77.5 Å². The van der Waals surface area contributed by atoms with E-state index >= 15 is 0 Å². The zero-order valence-electron chi connectivity index (χ0n) is 29.3. The number of azo groups is 2. The number of aromatic carboxylic acids is 1. The van der Waals surface area contributed by atoms with Gasteiger partial charge < -0.3 is 15.9 Å². The lowest BCUT2D eigenvalue weighted by molar-refractivity contribution is -0.700. The Bertz CT molecular complexity index is 2670. The van der Waals surface area contributed by atoms with Crippen molar-refractivity contribution < 1.29 is 79.4 Å². The highest BCUT2D eigenvalue weighted by atomic mass is 32.2. The molecule has 0 atom stereocenters. The van der Waals surface area contributed by atoms with Gasteiger partial charge in [0.05, 0.1) is 56.5 Å². The molecular formula is C32H27N6O16S5+. The van der Waals surface area contributed by atoms with Gasteiger partial charge in [-0.1, -0.05) is 16.7 Å². The van der Waals surface area contributed by atoms with Crippen LogP contribution < -0.4 is 10.3 Å². The van der Waals surface area contributed by atoms with Crippen LogP contribution >= 0.6 is 36.1 Å². The van der Waals surface area contributed by atoms with Crippen molar-refractivity contribution in [2.45, 2.75) is 31.0 Å². The molecule has 5 aromatic rings. The molecule has 0 saturated heterocycles. The van der Waals surface area contributed by atoms with Crippen molar-refractivity contribution in [1.29, 1.82) is 0 Å². The molecule has 4 aromatic carbocycles. The highest BCUT2D eigenvalue weighted by Gasteiger charge is 2.22. The first kappa shape index (κ1) is 45.0. The van der Waals surface area contributed by atoms with E-state index in [2.05, 4.69) is 45.8 Å². The van der Waals surface area contributed by atoms with Crippen molar-refractivity contribution in [2.24, 2.45) is 20.5 Å². The summed E-state index contributed by atoms with van der Waals surface area (Å²) >= 11 is 1.33. The number of aromatic hydroxyl groups is 1. The van der Waals surface area contributed by atoms with Gasteiger partial charge in [0.2, 0.25) is 0 Å². The Kier molecular flexibility index (Phi) is 15.4. The summed E-state index contributed by atoms with van der Waals surface area (Å²) < 4.78 is 75.1. The molecule has 0 unspecified atom stereocenters. The second-order valence-corrected chi connectivity index (χ2v) is 16.6. The van der Waals surface area contributed by atoms with Crippen LogP contribution in [0.25, 0.3) is 10.8 Å². The van der Waals surface area contributed by atoms with Crippen LogP contribution in [0.1, 0.15) is 10.4 Å². The molecule has 0 amide bonds. The van der Waals surface area contributed by atoms with Crippen LogP contribution in [0, 0.1) is 0 Å². The fraction of sp³-hybridized carbons (Fsp3) is 0.0625. The van der Waals surface area contributed by atoms with E-state index in [1.54, 1.807) is 16.8 Å². The molecule has 0 saturated carbocycles. The number of benzene rings is 4. The molecule has 0 bridgehead atoms. The number of nitrogen functional groups attached to an aromatic ring is 1. The molecule has 0 aliphatic rings. The number of hydrogen-bond acceptors (Lipinski definition) is 22. The summed E-state index contributed by atoms with van der Waals surface area (Å²) in [5, 5.41) is 62.6. The fourth-order valence-corrected chi connectivity index (χ4v) is 7.76. The van der Waals surface area contributed by atoms with Gasteiger partial charge in [0.25, 0.3) is 10.1 Å². The minimum atomic E-state index is -4.93. The molecule has 0 aliphatic carbocycles. The lowest BCUT2D eigenvalue weighted by Crippen LogP contribution is -2.36. The molecule has 0 radical (unpaired) electrons. The number of aromatic nitrogens is 1. The van der Waals surface area contributed by atoms with Crippen LogP contribution in [0.15, 0.2) is 136 Å². The minimum Gasteiger partial charge on any atom is -0.505 e. The van der Waals surface area contributed by atoms with Gasteiger partial charge in [0.15, 0.2) is 34.5 Å². The van der Waals surface area contributed by atoms with E-state index in [0.29, 0.717) is 36.1 Å². The molecular weight excluding hydrogens is 885 g/mol. The van der Waals surface area contributed by atoms with Gasteiger partial charge >= 0.3 is 5.97 Å². The van der Waals surface area contributed by atoms with Crippen LogP contribution in [-0.4, -0.2) is 54.7 Å². The number of sulfone groups is 1. The average molecular weight is 912 g/mol. The van der Waals surface area contributed by atoms with Gasteiger partial charge in [-0.2, -0.15) is 12.8 Å². The number of pyridine rings is 1. The minimum absolute atomic E-state index is 0.0191. The van der Waals surface area contributed by atoms with Crippen molar-refractivity contribution in [3.63, 3.8) is 0 Å². The number of phenolic OH excluding ortho intramolecular Hbond substituents is 1. The second kappa shape index (κ2) is 20.2. The van der Waals surface area contributed by atoms with E-state index in [4.69, 9.17) is 30.6 Å². The van der Waals surface area contributed by atoms with Crippen molar-refractivity contribution in [1.82, 2.24) is 0 Å². The molecule has 0 aliphatic heterocycles. The summed E-state index contributed by atoms with van der Waals surface area (Å²) in [7, 11) is -8.82. The molecule has 1 heterocycles. The maximum absolute atomic E-state index is 12.4. The maximum Gasteiger partial charge on any atom is 0.341 e. The van der Waals surface area contributed by atoms with Gasteiger partial charge in [0, 0.05) is 27.1 Å². The van der Waals surface area contributed by atoms with Gasteiger partial charge in [-0.25, -0.2) is 33.2 Å². The molecule has 7 N–H and O–H groups in total. The van der Waals surface area contributed by atoms with Gasteiger partial charge in [-0.05, 0) is 60.7 Å². The highest BCUT2D eigenvalue weighted by Crippen LogP contribution is 2.48. The first-order valence-electron chi connectivity index (χ1n) is 15.7. The Balaban J connectivity index is 1.44. The lowest BCUT2D eigenvalue weighted by Gasteiger charge is -2.12. The molecule has 59 heavy (non-hydrogen) atoms. The van der Waals surface area contributed by atoms with Crippen molar-refractivity contribution >= 4 is 101 Å². The predicted octanol–water partition coefficient (Wildman–Crippen LogP) is 7.62. The number of nitrogens with zero attached hydrogens (tertiary/aromatic N) is 5. The van der Waals surface area contributed by atoms with Crippen LogP contribution in [0.3, 0.4) is 0 Å². The van der Waals surface area contributed by atoms with E-state index < -0.39 is 36.6 Å². The van der Waals surface area contributed by atoms with Crippen LogP contribution in [0.4, 0.5) is 28.4 Å². The molecule has 0 fully saturated rings. The molecule has 22 nitrogen and oxygen atoms in total. The number of hydrogen-bond donors (Lipinski definition) is 6. The molecule has 0 spiro atoms. The van der Waals surface area contributed by atoms with E-state index in [9.17, 15) is 31.3 Å². The Hall–Kier alpha value is -5.11. The van der Waals surface area contributed by atoms with E-state index in [1.807, 2.05) is 0 Å². The summed E-state index contributed by atoms with van der Waals surface area (Å²) in [5.41, 5.74) is 5.59. The topological polar surface area (TPSA) is 321 Å². The third kappa shape index (κ3) is 11.6. The highest BCUT2D eigenvalue weighted by molar-refractivity contribution is 7.95. The fourth-order valence-electron chi connectivity index (χ4n) is 4.78. The Labute approximate surface area is 345 Å². The summed E-state index contributed by atoms with van der Waals surface area (Å²) in [4.78, 5) is 15.4. The smallest absolute Gasteiger partial charge is 0.341 e. The van der Waals surface area contributed by atoms with Crippen LogP contribution in [0.2, 0.25) is 0 Å². The van der Waals surface area contributed by atoms with E-state index in [1.165, 1.54) is 54.7 Å². The maximum atomic E-state index is 12.4. The van der Waals surface area contributed by atoms with Crippen LogP contribution in [-0.2, 0) is 54.5 Å². The quantitative estimate of drug-likeness (QED) is 0.00639. The Morgan fingerprint density at radius 2 is 1.53 bits per heavy atom. The molecule has 1 aromatic heterocycles. The average Bonchev–Trinajstić information content (AvgIpc) is 3.21. The largest absolute Gasteiger partial charge is 0.505 e. The first-order chi connectivity index (χ1) is 28.2.